The Labute approximate surface area is 258 Å². The highest BCUT2D eigenvalue weighted by Gasteiger charge is 2.46. The summed E-state index contributed by atoms with van der Waals surface area (Å²) >= 11 is 0. The van der Waals surface area contributed by atoms with E-state index in [4.69, 9.17) is 24.4 Å². The van der Waals surface area contributed by atoms with Crippen molar-refractivity contribution in [3.8, 4) is 0 Å². The molecule has 0 radical (unpaired) electrons. The summed E-state index contributed by atoms with van der Waals surface area (Å²) in [5.41, 5.74) is 7.70. The van der Waals surface area contributed by atoms with Crippen LogP contribution in [0.25, 0.3) is 11.0 Å². The van der Waals surface area contributed by atoms with Crippen LogP contribution in [0.2, 0.25) is 0 Å². The van der Waals surface area contributed by atoms with Crippen LogP contribution in [-0.2, 0) is 35.0 Å². The van der Waals surface area contributed by atoms with Gasteiger partial charge in [-0.2, -0.15) is 0 Å². The van der Waals surface area contributed by atoms with E-state index >= 15 is 0 Å². The van der Waals surface area contributed by atoms with Crippen LogP contribution in [-0.4, -0.2) is 82.4 Å². The zero-order valence-electron chi connectivity index (χ0n) is 24.8. The number of aryl methyl sites for hydroxylation is 1. The number of amides is 1. The van der Waals surface area contributed by atoms with E-state index < -0.39 is 54.5 Å². The molecule has 3 heterocycles. The molecule has 1 aromatic heterocycles. The van der Waals surface area contributed by atoms with E-state index in [-0.39, 0.29) is 36.5 Å². The highest BCUT2D eigenvalue weighted by atomic mass is 16.7. The summed E-state index contributed by atoms with van der Waals surface area (Å²) in [5, 5.41) is 34.7. The Morgan fingerprint density at radius 2 is 1.89 bits per heavy atom. The Bertz CT molecular complexity index is 1560. The van der Waals surface area contributed by atoms with E-state index in [1.807, 2.05) is 0 Å². The van der Waals surface area contributed by atoms with Gasteiger partial charge in [0.1, 0.15) is 35.8 Å². The van der Waals surface area contributed by atoms with Crippen molar-refractivity contribution < 1.29 is 48.3 Å². The molecule has 1 aromatic carbocycles. The van der Waals surface area contributed by atoms with Gasteiger partial charge in [0.25, 0.3) is 0 Å². The van der Waals surface area contributed by atoms with E-state index in [1.165, 1.54) is 6.08 Å². The number of nitrogens with two attached hydrogens (primary N) is 1. The number of anilines is 1. The van der Waals surface area contributed by atoms with Crippen molar-refractivity contribution in [3.05, 3.63) is 63.5 Å². The van der Waals surface area contributed by atoms with Gasteiger partial charge < -0.3 is 45.0 Å². The lowest BCUT2D eigenvalue weighted by molar-refractivity contribution is -0.304. The number of aliphatic hydroxyl groups excluding tert-OH is 3. The molecule has 3 aliphatic rings. The Balaban J connectivity index is 1.02. The fraction of sp³-hybridized carbons (Fsp3) is 0.500. The van der Waals surface area contributed by atoms with Crippen LogP contribution in [0.1, 0.15) is 49.7 Å². The van der Waals surface area contributed by atoms with E-state index in [2.05, 4.69) is 5.32 Å². The summed E-state index contributed by atoms with van der Waals surface area (Å²) < 4.78 is 22.1. The number of esters is 1. The van der Waals surface area contributed by atoms with Crippen LogP contribution in [0.15, 0.2) is 51.2 Å². The number of carbonyl (C=O) groups is 3. The maximum Gasteiger partial charge on any atom is 0.340 e. The number of rotatable bonds is 12. The van der Waals surface area contributed by atoms with Crippen LogP contribution < -0.4 is 16.7 Å². The molecule has 0 unspecified atom stereocenters. The van der Waals surface area contributed by atoms with Crippen molar-refractivity contribution in [1.82, 2.24) is 5.32 Å². The van der Waals surface area contributed by atoms with Gasteiger partial charge in [0.15, 0.2) is 6.29 Å². The SMILES string of the molecule is Cc1c(CC(=O)NCCCCCC(=O)C[C@H]2O[C@H](O[C@@H]3C=CC4=CC(=O)O[C@@H]4C3)[C@H](O)[C@@H](O)[C@H]2O)c(=O)oc2cc(N)ccc12. The summed E-state index contributed by atoms with van der Waals surface area (Å²) in [6.07, 6.45) is -1.29. The van der Waals surface area contributed by atoms with E-state index in [0.717, 1.165) is 5.57 Å². The maximum atomic E-state index is 12.7. The highest BCUT2D eigenvalue weighted by Crippen LogP contribution is 2.31. The number of ketones is 1. The van der Waals surface area contributed by atoms with E-state index in [1.54, 1.807) is 37.3 Å². The van der Waals surface area contributed by atoms with Crippen molar-refractivity contribution >= 4 is 34.3 Å². The van der Waals surface area contributed by atoms with Gasteiger partial charge in [0, 0.05) is 49.0 Å². The van der Waals surface area contributed by atoms with Gasteiger partial charge in [0.2, 0.25) is 5.91 Å². The summed E-state index contributed by atoms with van der Waals surface area (Å²) in [5.74, 6) is -0.955. The predicted molar refractivity (Wildman–Crippen MR) is 160 cm³/mol. The molecule has 0 saturated carbocycles. The molecule has 242 valence electrons. The largest absolute Gasteiger partial charge is 0.454 e. The summed E-state index contributed by atoms with van der Waals surface area (Å²) in [6, 6.07) is 5.02. The van der Waals surface area contributed by atoms with Crippen molar-refractivity contribution in [1.29, 1.82) is 0 Å². The third-order valence-corrected chi connectivity index (χ3v) is 8.37. The lowest BCUT2D eigenvalue weighted by Gasteiger charge is -2.41. The fourth-order valence-electron chi connectivity index (χ4n) is 5.81. The zero-order chi connectivity index (χ0) is 32.2. The van der Waals surface area contributed by atoms with Crippen LogP contribution in [0.5, 0.6) is 0 Å². The number of hydrogen-bond acceptors (Lipinski definition) is 12. The Morgan fingerprint density at radius 3 is 2.69 bits per heavy atom. The molecule has 13 heteroatoms. The lowest BCUT2D eigenvalue weighted by atomic mass is 9.94. The lowest BCUT2D eigenvalue weighted by Crippen LogP contribution is -2.59. The first-order valence-electron chi connectivity index (χ1n) is 15.1. The number of nitrogens with one attached hydrogen (secondary N) is 1. The molecular formula is C32H38N2O11. The second kappa shape index (κ2) is 14.0. The molecule has 2 aliphatic heterocycles. The smallest absolute Gasteiger partial charge is 0.340 e. The molecule has 2 aromatic rings. The summed E-state index contributed by atoms with van der Waals surface area (Å²) in [6.45, 7) is 2.13. The standard InChI is InChI=1S/C32H38N2O11/c1-16-21-9-7-18(33)12-24(21)44-31(41)22(16)15-26(36)34-10-4-2-3-5-19(35)13-25-28(38)29(39)30(40)32(45-25)42-20-8-6-17-11-27(37)43-23(17)14-20/h6-9,11-12,20,23,25,28-30,32,38-40H,2-5,10,13-15,33H2,1H3,(H,34,36)/t20-,23-,25-,28+,29+,30-,32+/m1/s1. The molecule has 1 aliphatic carbocycles. The third-order valence-electron chi connectivity index (χ3n) is 8.37. The normalized spacial score (nSPS) is 27.6. The number of hydrogen-bond donors (Lipinski definition) is 5. The van der Waals surface area contributed by atoms with Gasteiger partial charge >= 0.3 is 11.6 Å². The number of benzene rings is 1. The maximum absolute atomic E-state index is 12.7. The van der Waals surface area contributed by atoms with Crippen LogP contribution >= 0.6 is 0 Å². The number of Topliss-reactive ketones (excluding diaryl/α,β-unsaturated/α-hetero) is 1. The van der Waals surface area contributed by atoms with Gasteiger partial charge in [-0.05, 0) is 43.0 Å². The number of aliphatic hydroxyl groups is 3. The van der Waals surface area contributed by atoms with Gasteiger partial charge in [0.05, 0.1) is 24.2 Å². The molecular weight excluding hydrogens is 588 g/mol. The van der Waals surface area contributed by atoms with E-state index in [0.29, 0.717) is 54.4 Å². The number of ether oxygens (including phenoxy) is 3. The number of fused-ring (bicyclic) bond motifs is 2. The second-order valence-electron chi connectivity index (χ2n) is 11.7. The van der Waals surface area contributed by atoms with Gasteiger partial charge in [-0.3, -0.25) is 9.59 Å². The average Bonchev–Trinajstić information content (AvgIpc) is 3.37. The van der Waals surface area contributed by atoms with Gasteiger partial charge in [-0.15, -0.1) is 0 Å². The third kappa shape index (κ3) is 7.68. The molecule has 1 fully saturated rings. The van der Waals surface area contributed by atoms with Crippen LogP contribution in [0.3, 0.4) is 0 Å². The van der Waals surface area contributed by atoms with E-state index in [9.17, 15) is 34.5 Å². The van der Waals surface area contributed by atoms with Crippen molar-refractivity contribution in [3.63, 3.8) is 0 Å². The minimum Gasteiger partial charge on any atom is -0.454 e. The van der Waals surface area contributed by atoms with Crippen molar-refractivity contribution in [2.75, 3.05) is 12.3 Å². The molecule has 45 heavy (non-hydrogen) atoms. The first-order chi connectivity index (χ1) is 21.5. The monoisotopic (exact) mass is 626 g/mol. The van der Waals surface area contributed by atoms with Gasteiger partial charge in [-0.1, -0.05) is 18.6 Å². The quantitative estimate of drug-likeness (QED) is 0.0962. The van der Waals surface area contributed by atoms with Crippen molar-refractivity contribution in [2.24, 2.45) is 0 Å². The predicted octanol–water partition coefficient (Wildman–Crippen LogP) is 0.866. The Kier molecular flexibility index (Phi) is 10.1. The number of carbonyl (C=O) groups excluding carboxylic acids is 3. The Hall–Kier alpha value is -3.88. The first-order valence-corrected chi connectivity index (χ1v) is 15.1. The molecule has 6 N–H and O–H groups in total. The second-order valence-corrected chi connectivity index (χ2v) is 11.7. The summed E-state index contributed by atoms with van der Waals surface area (Å²) in [4.78, 5) is 49.1. The molecule has 13 nitrogen and oxygen atoms in total. The minimum absolute atomic E-state index is 0.120. The fourth-order valence-corrected chi connectivity index (χ4v) is 5.81. The van der Waals surface area contributed by atoms with Crippen LogP contribution in [0.4, 0.5) is 5.69 Å². The molecule has 5 rings (SSSR count). The highest BCUT2D eigenvalue weighted by molar-refractivity contribution is 5.87. The molecule has 1 saturated heterocycles. The average molecular weight is 627 g/mol. The van der Waals surface area contributed by atoms with Gasteiger partial charge in [-0.25, -0.2) is 9.59 Å². The number of nitrogen functional groups attached to an aromatic ring is 1. The molecule has 0 bridgehead atoms. The molecule has 0 spiro atoms. The molecule has 7 atom stereocenters. The minimum atomic E-state index is -1.58. The molecule has 1 amide bonds. The number of unbranched alkanes of at least 4 members (excludes halogenated alkanes) is 2. The van der Waals surface area contributed by atoms with Crippen molar-refractivity contribution in [2.45, 2.75) is 94.8 Å². The zero-order valence-corrected chi connectivity index (χ0v) is 24.8. The van der Waals surface area contributed by atoms with Crippen LogP contribution in [0, 0.1) is 6.92 Å². The summed E-state index contributed by atoms with van der Waals surface area (Å²) in [7, 11) is 0. The Morgan fingerprint density at radius 1 is 1.09 bits per heavy atom. The topological polar surface area (TPSA) is 208 Å². The first kappa shape index (κ1) is 32.5.